The molecule has 1 atom stereocenters. The van der Waals surface area contributed by atoms with E-state index in [1.807, 2.05) is 18.2 Å². The maximum atomic E-state index is 6.28. The SMILES string of the molecule is CCC(C)c1ccc(-c2noc(CN)n2)cc1Cl. The molecule has 0 fully saturated rings. The number of nitrogens with two attached hydrogens (primary N) is 1. The van der Waals surface area contributed by atoms with Crippen LogP contribution in [0.25, 0.3) is 11.4 Å². The monoisotopic (exact) mass is 265 g/mol. The minimum absolute atomic E-state index is 0.242. The molecule has 0 bridgehead atoms. The van der Waals surface area contributed by atoms with Crippen LogP contribution in [-0.4, -0.2) is 10.1 Å². The number of rotatable bonds is 4. The van der Waals surface area contributed by atoms with Gasteiger partial charge in [0.15, 0.2) is 0 Å². The van der Waals surface area contributed by atoms with Gasteiger partial charge in [-0.2, -0.15) is 4.98 Å². The zero-order valence-electron chi connectivity index (χ0n) is 10.5. The summed E-state index contributed by atoms with van der Waals surface area (Å²) < 4.78 is 4.98. The van der Waals surface area contributed by atoms with Crippen LogP contribution in [0.15, 0.2) is 22.7 Å². The normalized spacial score (nSPS) is 12.7. The van der Waals surface area contributed by atoms with Crippen LogP contribution in [0.2, 0.25) is 5.02 Å². The van der Waals surface area contributed by atoms with Crippen LogP contribution in [0, 0.1) is 0 Å². The third-order valence-corrected chi connectivity index (χ3v) is 3.37. The van der Waals surface area contributed by atoms with Crippen molar-refractivity contribution in [2.45, 2.75) is 32.7 Å². The Hall–Kier alpha value is -1.39. The Morgan fingerprint density at radius 2 is 2.22 bits per heavy atom. The molecule has 0 amide bonds. The Morgan fingerprint density at radius 3 is 2.78 bits per heavy atom. The fourth-order valence-corrected chi connectivity index (χ4v) is 2.11. The highest BCUT2D eigenvalue weighted by atomic mass is 35.5. The van der Waals surface area contributed by atoms with Gasteiger partial charge in [-0.15, -0.1) is 0 Å². The summed E-state index contributed by atoms with van der Waals surface area (Å²) in [4.78, 5) is 4.17. The van der Waals surface area contributed by atoms with E-state index in [1.165, 1.54) is 0 Å². The maximum absolute atomic E-state index is 6.28. The molecule has 0 aliphatic heterocycles. The van der Waals surface area contributed by atoms with Crippen molar-refractivity contribution in [1.82, 2.24) is 10.1 Å². The van der Waals surface area contributed by atoms with Crippen molar-refractivity contribution >= 4 is 11.6 Å². The highest BCUT2D eigenvalue weighted by Gasteiger charge is 2.12. The van der Waals surface area contributed by atoms with Crippen molar-refractivity contribution in [3.8, 4) is 11.4 Å². The quantitative estimate of drug-likeness (QED) is 0.921. The van der Waals surface area contributed by atoms with Crippen molar-refractivity contribution in [2.75, 3.05) is 0 Å². The number of hydrogen-bond donors (Lipinski definition) is 1. The lowest BCUT2D eigenvalue weighted by Crippen LogP contribution is -1.96. The summed E-state index contributed by atoms with van der Waals surface area (Å²) in [7, 11) is 0. The van der Waals surface area contributed by atoms with Crippen LogP contribution in [0.3, 0.4) is 0 Å². The third kappa shape index (κ3) is 2.54. The highest BCUT2D eigenvalue weighted by molar-refractivity contribution is 6.31. The molecule has 0 radical (unpaired) electrons. The molecule has 1 aromatic carbocycles. The molecule has 5 heteroatoms. The zero-order valence-corrected chi connectivity index (χ0v) is 11.2. The molecule has 96 valence electrons. The summed E-state index contributed by atoms with van der Waals surface area (Å²) in [5, 5.41) is 4.61. The van der Waals surface area contributed by atoms with Gasteiger partial charge in [-0.3, -0.25) is 0 Å². The van der Waals surface area contributed by atoms with Gasteiger partial charge in [-0.25, -0.2) is 0 Å². The first kappa shape index (κ1) is 13.1. The Morgan fingerprint density at radius 1 is 1.44 bits per heavy atom. The summed E-state index contributed by atoms with van der Waals surface area (Å²) in [6.45, 7) is 4.54. The topological polar surface area (TPSA) is 64.9 Å². The van der Waals surface area contributed by atoms with E-state index in [-0.39, 0.29) is 6.54 Å². The molecule has 0 saturated carbocycles. The van der Waals surface area contributed by atoms with Crippen molar-refractivity contribution in [1.29, 1.82) is 0 Å². The molecule has 18 heavy (non-hydrogen) atoms. The van der Waals surface area contributed by atoms with E-state index < -0.39 is 0 Å². The average molecular weight is 266 g/mol. The summed E-state index contributed by atoms with van der Waals surface area (Å²) in [6, 6.07) is 5.84. The van der Waals surface area contributed by atoms with Gasteiger partial charge in [-0.05, 0) is 24.0 Å². The molecular weight excluding hydrogens is 250 g/mol. The predicted molar refractivity (Wildman–Crippen MR) is 71.3 cm³/mol. The Balaban J connectivity index is 2.33. The molecule has 1 aromatic heterocycles. The second-order valence-corrected chi connectivity index (χ2v) is 4.67. The molecule has 2 aromatic rings. The first-order valence-corrected chi connectivity index (χ1v) is 6.36. The summed E-state index contributed by atoms with van der Waals surface area (Å²) in [5.74, 6) is 1.39. The standard InChI is InChI=1S/C13H16ClN3O/c1-3-8(2)10-5-4-9(6-11(10)14)13-16-12(7-15)18-17-13/h4-6,8H,3,7,15H2,1-2H3. The Bertz CT molecular complexity index is 539. The van der Waals surface area contributed by atoms with Crippen LogP contribution in [0.4, 0.5) is 0 Å². The molecule has 1 unspecified atom stereocenters. The van der Waals surface area contributed by atoms with E-state index in [4.69, 9.17) is 21.9 Å². The second-order valence-electron chi connectivity index (χ2n) is 4.26. The van der Waals surface area contributed by atoms with Gasteiger partial charge in [-0.1, -0.05) is 42.7 Å². The van der Waals surface area contributed by atoms with Gasteiger partial charge >= 0.3 is 0 Å². The molecule has 2 N–H and O–H groups in total. The van der Waals surface area contributed by atoms with E-state index in [2.05, 4.69) is 24.0 Å². The van der Waals surface area contributed by atoms with Crippen molar-refractivity contribution < 1.29 is 4.52 Å². The summed E-state index contributed by atoms with van der Waals surface area (Å²) >= 11 is 6.28. The first-order valence-electron chi connectivity index (χ1n) is 5.98. The summed E-state index contributed by atoms with van der Waals surface area (Å²) in [6.07, 6.45) is 1.05. The van der Waals surface area contributed by atoms with Crippen LogP contribution < -0.4 is 5.73 Å². The molecule has 4 nitrogen and oxygen atoms in total. The fraction of sp³-hybridized carbons (Fsp3) is 0.385. The second kappa shape index (κ2) is 5.50. The average Bonchev–Trinajstić information content (AvgIpc) is 2.86. The van der Waals surface area contributed by atoms with Gasteiger partial charge in [0.1, 0.15) is 0 Å². The Kier molecular flexibility index (Phi) is 3.99. The van der Waals surface area contributed by atoms with E-state index in [9.17, 15) is 0 Å². The van der Waals surface area contributed by atoms with E-state index in [0.717, 1.165) is 22.6 Å². The van der Waals surface area contributed by atoms with Crippen LogP contribution in [0.1, 0.15) is 37.6 Å². The molecule has 0 saturated heterocycles. The number of benzene rings is 1. The van der Waals surface area contributed by atoms with Gasteiger partial charge in [0.25, 0.3) is 0 Å². The minimum Gasteiger partial charge on any atom is -0.338 e. The lowest BCUT2D eigenvalue weighted by molar-refractivity contribution is 0.380. The fourth-order valence-electron chi connectivity index (χ4n) is 1.74. The zero-order chi connectivity index (χ0) is 13.1. The number of hydrogen-bond acceptors (Lipinski definition) is 4. The van der Waals surface area contributed by atoms with E-state index in [0.29, 0.717) is 17.6 Å². The highest BCUT2D eigenvalue weighted by Crippen LogP contribution is 2.30. The van der Waals surface area contributed by atoms with Crippen molar-refractivity contribution in [3.63, 3.8) is 0 Å². The number of halogens is 1. The van der Waals surface area contributed by atoms with E-state index in [1.54, 1.807) is 0 Å². The smallest absolute Gasteiger partial charge is 0.240 e. The Labute approximate surface area is 111 Å². The molecule has 0 spiro atoms. The lowest BCUT2D eigenvalue weighted by Gasteiger charge is -2.11. The molecule has 1 heterocycles. The van der Waals surface area contributed by atoms with Crippen molar-refractivity contribution in [3.05, 3.63) is 34.7 Å². The van der Waals surface area contributed by atoms with Gasteiger partial charge in [0, 0.05) is 10.6 Å². The van der Waals surface area contributed by atoms with Crippen molar-refractivity contribution in [2.24, 2.45) is 5.73 Å². The number of nitrogens with zero attached hydrogens (tertiary/aromatic N) is 2. The van der Waals surface area contributed by atoms with E-state index >= 15 is 0 Å². The largest absolute Gasteiger partial charge is 0.338 e. The lowest BCUT2D eigenvalue weighted by atomic mass is 9.97. The van der Waals surface area contributed by atoms with Gasteiger partial charge in [0.2, 0.25) is 11.7 Å². The first-order chi connectivity index (χ1) is 8.65. The molecule has 2 rings (SSSR count). The third-order valence-electron chi connectivity index (χ3n) is 3.04. The number of aromatic nitrogens is 2. The molecule has 0 aliphatic carbocycles. The van der Waals surface area contributed by atoms with Crippen LogP contribution in [-0.2, 0) is 6.54 Å². The predicted octanol–water partition coefficient (Wildman–Crippen LogP) is 3.36. The molecule has 0 aliphatic rings. The van der Waals surface area contributed by atoms with Gasteiger partial charge in [0.05, 0.1) is 6.54 Å². The summed E-state index contributed by atoms with van der Waals surface area (Å²) in [5.41, 5.74) is 7.42. The minimum atomic E-state index is 0.242. The molecular formula is C13H16ClN3O. The van der Waals surface area contributed by atoms with Gasteiger partial charge < -0.3 is 10.3 Å². The maximum Gasteiger partial charge on any atom is 0.240 e. The van der Waals surface area contributed by atoms with Crippen LogP contribution in [0.5, 0.6) is 0 Å². The van der Waals surface area contributed by atoms with Crippen LogP contribution >= 0.6 is 11.6 Å².